The van der Waals surface area contributed by atoms with E-state index in [-0.39, 0.29) is 12.3 Å². The number of nitrogens with zero attached hydrogens (tertiary/aromatic N) is 3. The van der Waals surface area contributed by atoms with Gasteiger partial charge >= 0.3 is 0 Å². The quantitative estimate of drug-likeness (QED) is 0.462. The standard InChI is InChI=1S/C23H20N4OS/c28-17(12-15-9-10-15)13-25-22-20-18(16-6-2-1-3-7-16)14-29-23(20)27-21(26-22)19-8-4-5-11-24-19/h1-8,11,14-15H,9-10,12-13H2,(H,25,26,27). The molecule has 1 aliphatic rings. The first-order valence-corrected chi connectivity index (χ1v) is 10.7. The Balaban J connectivity index is 1.57. The van der Waals surface area contributed by atoms with Crippen molar-refractivity contribution >= 4 is 33.2 Å². The molecule has 0 bridgehead atoms. The van der Waals surface area contributed by atoms with Crippen molar-refractivity contribution in [3.63, 3.8) is 0 Å². The van der Waals surface area contributed by atoms with Crippen LogP contribution in [0.4, 0.5) is 5.82 Å². The highest BCUT2D eigenvalue weighted by atomic mass is 32.1. The smallest absolute Gasteiger partial charge is 0.181 e. The number of fused-ring (bicyclic) bond motifs is 1. The van der Waals surface area contributed by atoms with E-state index in [4.69, 9.17) is 9.97 Å². The molecule has 0 spiro atoms. The molecule has 1 aromatic carbocycles. The number of benzene rings is 1. The van der Waals surface area contributed by atoms with Gasteiger partial charge in [0.15, 0.2) is 11.6 Å². The number of rotatable bonds is 7. The van der Waals surface area contributed by atoms with Crippen molar-refractivity contribution < 1.29 is 4.79 Å². The lowest BCUT2D eigenvalue weighted by Crippen LogP contribution is -2.15. The van der Waals surface area contributed by atoms with E-state index >= 15 is 0 Å². The molecule has 1 aliphatic carbocycles. The molecule has 5 rings (SSSR count). The number of carbonyl (C=O) groups is 1. The van der Waals surface area contributed by atoms with Gasteiger partial charge < -0.3 is 5.32 Å². The van der Waals surface area contributed by atoms with Gasteiger partial charge in [-0.2, -0.15) is 0 Å². The summed E-state index contributed by atoms with van der Waals surface area (Å²) >= 11 is 1.58. The molecule has 5 nitrogen and oxygen atoms in total. The number of Topliss-reactive ketones (excluding diaryl/α,β-unsaturated/α-hetero) is 1. The van der Waals surface area contributed by atoms with Crippen LogP contribution in [0.25, 0.3) is 32.9 Å². The zero-order valence-corrected chi connectivity index (χ0v) is 16.7. The molecule has 0 saturated heterocycles. The Bertz CT molecular complexity index is 1150. The van der Waals surface area contributed by atoms with Crippen LogP contribution >= 0.6 is 11.3 Å². The minimum absolute atomic E-state index is 0.232. The predicted octanol–water partition coefficient (Wildman–Crippen LogP) is 5.20. The van der Waals surface area contributed by atoms with Crippen LogP contribution in [0.2, 0.25) is 0 Å². The third-order valence-corrected chi connectivity index (χ3v) is 5.95. The summed E-state index contributed by atoms with van der Waals surface area (Å²) in [5.74, 6) is 2.08. The SMILES string of the molecule is O=C(CNc1nc(-c2ccccn2)nc2scc(-c3ccccc3)c12)CC1CC1. The summed E-state index contributed by atoms with van der Waals surface area (Å²) in [7, 11) is 0. The summed E-state index contributed by atoms with van der Waals surface area (Å²) in [6.45, 7) is 0.286. The van der Waals surface area contributed by atoms with Crippen molar-refractivity contribution in [2.75, 3.05) is 11.9 Å². The molecule has 1 fully saturated rings. The fraction of sp³-hybridized carbons (Fsp3) is 0.217. The molecule has 3 heterocycles. The summed E-state index contributed by atoms with van der Waals surface area (Å²) in [5, 5.41) is 6.37. The summed E-state index contributed by atoms with van der Waals surface area (Å²) in [4.78, 5) is 27.1. The Hall–Kier alpha value is -3.12. The topological polar surface area (TPSA) is 67.8 Å². The van der Waals surface area contributed by atoms with Crippen LogP contribution in [0.5, 0.6) is 0 Å². The Morgan fingerprint density at radius 1 is 1.07 bits per heavy atom. The van der Waals surface area contributed by atoms with Gasteiger partial charge in [0.1, 0.15) is 16.3 Å². The van der Waals surface area contributed by atoms with Gasteiger partial charge in [-0.3, -0.25) is 9.78 Å². The second kappa shape index (κ2) is 7.72. The van der Waals surface area contributed by atoms with E-state index in [9.17, 15) is 4.79 Å². The maximum absolute atomic E-state index is 12.3. The van der Waals surface area contributed by atoms with Crippen molar-refractivity contribution in [2.24, 2.45) is 5.92 Å². The maximum Gasteiger partial charge on any atom is 0.181 e. The van der Waals surface area contributed by atoms with Crippen molar-refractivity contribution in [1.29, 1.82) is 0 Å². The minimum atomic E-state index is 0.232. The highest BCUT2D eigenvalue weighted by Gasteiger charge is 2.24. The second-order valence-electron chi connectivity index (χ2n) is 7.35. The van der Waals surface area contributed by atoms with Gasteiger partial charge in [0.25, 0.3) is 0 Å². The first kappa shape index (κ1) is 17.9. The van der Waals surface area contributed by atoms with E-state index < -0.39 is 0 Å². The minimum Gasteiger partial charge on any atom is -0.362 e. The molecule has 0 radical (unpaired) electrons. The Morgan fingerprint density at radius 2 is 1.90 bits per heavy atom. The van der Waals surface area contributed by atoms with E-state index in [0.29, 0.717) is 24.0 Å². The van der Waals surface area contributed by atoms with Crippen LogP contribution in [0.15, 0.2) is 60.1 Å². The van der Waals surface area contributed by atoms with Gasteiger partial charge in [-0.15, -0.1) is 11.3 Å². The van der Waals surface area contributed by atoms with E-state index in [1.165, 1.54) is 12.8 Å². The van der Waals surface area contributed by atoms with Gasteiger partial charge in [-0.05, 0) is 36.5 Å². The van der Waals surface area contributed by atoms with Crippen molar-refractivity contribution in [2.45, 2.75) is 19.3 Å². The maximum atomic E-state index is 12.3. The van der Waals surface area contributed by atoms with Crippen LogP contribution in [0, 0.1) is 5.92 Å². The summed E-state index contributed by atoms with van der Waals surface area (Å²) in [5.41, 5.74) is 2.91. The van der Waals surface area contributed by atoms with E-state index in [2.05, 4.69) is 27.8 Å². The molecule has 6 heteroatoms. The molecular weight excluding hydrogens is 380 g/mol. The lowest BCUT2D eigenvalue weighted by atomic mass is 10.1. The fourth-order valence-corrected chi connectivity index (χ4v) is 4.35. The van der Waals surface area contributed by atoms with Crippen molar-refractivity contribution in [3.05, 3.63) is 60.1 Å². The highest BCUT2D eigenvalue weighted by Crippen LogP contribution is 2.38. The third kappa shape index (κ3) is 3.89. The fourth-order valence-electron chi connectivity index (χ4n) is 3.41. The molecule has 0 aliphatic heterocycles. The molecule has 29 heavy (non-hydrogen) atoms. The molecule has 0 amide bonds. The van der Waals surface area contributed by atoms with E-state index in [1.807, 2.05) is 36.4 Å². The van der Waals surface area contributed by atoms with Gasteiger partial charge in [0.05, 0.1) is 11.9 Å². The lowest BCUT2D eigenvalue weighted by molar-refractivity contribution is -0.117. The van der Waals surface area contributed by atoms with Crippen LogP contribution in [0.3, 0.4) is 0 Å². The zero-order valence-electron chi connectivity index (χ0n) is 15.8. The Morgan fingerprint density at radius 3 is 2.66 bits per heavy atom. The normalized spacial score (nSPS) is 13.5. The van der Waals surface area contributed by atoms with E-state index in [1.54, 1.807) is 17.5 Å². The average Bonchev–Trinajstić information content (AvgIpc) is 3.48. The molecule has 4 aromatic rings. The van der Waals surface area contributed by atoms with Crippen LogP contribution in [0.1, 0.15) is 19.3 Å². The number of pyridine rings is 1. The molecule has 1 saturated carbocycles. The first-order valence-electron chi connectivity index (χ1n) is 9.79. The van der Waals surface area contributed by atoms with E-state index in [0.717, 1.165) is 27.0 Å². The zero-order chi connectivity index (χ0) is 19.6. The average molecular weight is 401 g/mol. The number of aromatic nitrogens is 3. The summed E-state index contributed by atoms with van der Waals surface area (Å²) in [6.07, 6.45) is 4.74. The molecule has 0 unspecified atom stereocenters. The Kier molecular flexibility index (Phi) is 4.77. The number of hydrogen-bond acceptors (Lipinski definition) is 6. The van der Waals surface area contributed by atoms with Gasteiger partial charge in [0, 0.05) is 23.6 Å². The number of hydrogen-bond donors (Lipinski definition) is 1. The molecule has 144 valence electrons. The van der Waals surface area contributed by atoms with Gasteiger partial charge in [-0.25, -0.2) is 9.97 Å². The largest absolute Gasteiger partial charge is 0.362 e. The van der Waals surface area contributed by atoms with Crippen LogP contribution in [-0.4, -0.2) is 27.3 Å². The molecule has 0 atom stereocenters. The number of anilines is 1. The molecule has 1 N–H and O–H groups in total. The number of thiophene rings is 1. The highest BCUT2D eigenvalue weighted by molar-refractivity contribution is 7.17. The Labute approximate surface area is 172 Å². The molecular formula is C23H20N4OS. The second-order valence-corrected chi connectivity index (χ2v) is 8.20. The van der Waals surface area contributed by atoms with Gasteiger partial charge in [0.2, 0.25) is 0 Å². The van der Waals surface area contributed by atoms with Crippen molar-refractivity contribution in [3.8, 4) is 22.6 Å². The number of nitrogens with one attached hydrogen (secondary N) is 1. The summed E-state index contributed by atoms with van der Waals surface area (Å²) in [6, 6.07) is 15.9. The monoisotopic (exact) mass is 400 g/mol. The lowest BCUT2D eigenvalue weighted by Gasteiger charge is -2.10. The van der Waals surface area contributed by atoms with Crippen molar-refractivity contribution in [1.82, 2.24) is 15.0 Å². The number of carbonyl (C=O) groups excluding carboxylic acids is 1. The van der Waals surface area contributed by atoms with Crippen LogP contribution in [-0.2, 0) is 4.79 Å². The first-order chi connectivity index (χ1) is 14.3. The number of ketones is 1. The molecule has 3 aromatic heterocycles. The van der Waals surface area contributed by atoms with Crippen LogP contribution < -0.4 is 5.32 Å². The summed E-state index contributed by atoms with van der Waals surface area (Å²) < 4.78 is 0. The third-order valence-electron chi connectivity index (χ3n) is 5.08. The predicted molar refractivity (Wildman–Crippen MR) is 117 cm³/mol. The van der Waals surface area contributed by atoms with Gasteiger partial charge in [-0.1, -0.05) is 36.4 Å².